The van der Waals surface area contributed by atoms with Gasteiger partial charge in [0.15, 0.2) is 11.5 Å². The van der Waals surface area contributed by atoms with E-state index in [1.165, 1.54) is 6.92 Å². The summed E-state index contributed by atoms with van der Waals surface area (Å²) >= 11 is 0. The second-order valence-corrected chi connectivity index (χ2v) is 9.70. The number of hydrogen-bond donors (Lipinski definition) is 0. The molecule has 0 aliphatic heterocycles. The van der Waals surface area contributed by atoms with Crippen LogP contribution in [0.15, 0.2) is 97.1 Å². The van der Waals surface area contributed by atoms with Gasteiger partial charge in [0.05, 0.1) is 16.7 Å². The lowest BCUT2D eigenvalue weighted by Gasteiger charge is -2.15. The van der Waals surface area contributed by atoms with E-state index in [1.54, 1.807) is 0 Å². The van der Waals surface area contributed by atoms with E-state index in [4.69, 9.17) is 19.7 Å². The van der Waals surface area contributed by atoms with E-state index >= 15 is 0 Å². The first-order valence-electron chi connectivity index (χ1n) is 12.9. The Morgan fingerprint density at radius 1 is 0.795 bits per heavy atom. The lowest BCUT2D eigenvalue weighted by Crippen LogP contribution is -2.06. The number of nitrogens with zero attached hydrogens (tertiary/aromatic N) is 4. The zero-order valence-corrected chi connectivity index (χ0v) is 21.6. The molecule has 3 aromatic heterocycles. The third kappa shape index (κ3) is 3.89. The van der Waals surface area contributed by atoms with Crippen LogP contribution in [0.1, 0.15) is 23.7 Å². The Kier molecular flexibility index (Phi) is 5.33. The van der Waals surface area contributed by atoms with Gasteiger partial charge in [-0.15, -0.1) is 0 Å². The molecule has 0 saturated carbocycles. The van der Waals surface area contributed by atoms with Crippen molar-refractivity contribution in [1.82, 2.24) is 19.4 Å². The van der Waals surface area contributed by atoms with E-state index in [0.29, 0.717) is 18.0 Å². The summed E-state index contributed by atoms with van der Waals surface area (Å²) in [6.07, 6.45) is 0.520. The number of ether oxygens (including phenoxy) is 1. The van der Waals surface area contributed by atoms with Crippen LogP contribution < -0.4 is 4.74 Å². The summed E-state index contributed by atoms with van der Waals surface area (Å²) < 4.78 is 7.82. The highest BCUT2D eigenvalue weighted by atomic mass is 16.5. The van der Waals surface area contributed by atoms with E-state index in [0.717, 1.165) is 60.9 Å². The molecule has 188 valence electrons. The topological polar surface area (TPSA) is 69.4 Å². The monoisotopic (exact) mass is 508 g/mol. The summed E-state index contributed by atoms with van der Waals surface area (Å²) in [6.45, 7) is 3.45. The number of carbonyl (C=O) groups is 1. The first kappa shape index (κ1) is 23.0. The van der Waals surface area contributed by atoms with Crippen LogP contribution >= 0.6 is 0 Å². The zero-order valence-electron chi connectivity index (χ0n) is 21.6. The van der Waals surface area contributed by atoms with Crippen molar-refractivity contribution in [2.45, 2.75) is 20.3 Å². The summed E-state index contributed by atoms with van der Waals surface area (Å²) in [4.78, 5) is 27.0. The first-order chi connectivity index (χ1) is 19.1. The van der Waals surface area contributed by atoms with Crippen molar-refractivity contribution in [1.29, 1.82) is 0 Å². The van der Waals surface area contributed by atoms with E-state index in [-0.39, 0.29) is 5.97 Å². The van der Waals surface area contributed by atoms with Crippen LogP contribution in [-0.4, -0.2) is 25.3 Å². The third-order valence-corrected chi connectivity index (χ3v) is 7.14. The number of aryl methyl sites for hydroxylation is 1. The van der Waals surface area contributed by atoms with Crippen LogP contribution in [0.3, 0.4) is 0 Å². The molecule has 0 bridgehead atoms. The van der Waals surface area contributed by atoms with Crippen molar-refractivity contribution in [2.24, 2.45) is 0 Å². The molecule has 39 heavy (non-hydrogen) atoms. The Balaban J connectivity index is 1.53. The fraction of sp³-hybridized carbons (Fsp3) is 0.0909. The second kappa shape index (κ2) is 9.03. The van der Waals surface area contributed by atoms with Crippen molar-refractivity contribution in [3.63, 3.8) is 0 Å². The van der Waals surface area contributed by atoms with Crippen LogP contribution in [0, 0.1) is 6.92 Å². The number of carbonyl (C=O) groups excluding carboxylic acids is 1. The van der Waals surface area contributed by atoms with E-state index < -0.39 is 0 Å². The van der Waals surface area contributed by atoms with Crippen molar-refractivity contribution < 1.29 is 9.53 Å². The Hall–Kier alpha value is -5.10. The molecule has 6 nitrogen and oxygen atoms in total. The Labute approximate surface area is 224 Å². The highest BCUT2D eigenvalue weighted by molar-refractivity contribution is 5.93. The number of aromatic nitrogens is 4. The average molecular weight is 509 g/mol. The number of rotatable bonds is 4. The molecule has 6 heteroatoms. The van der Waals surface area contributed by atoms with E-state index in [1.807, 2.05) is 79.7 Å². The van der Waals surface area contributed by atoms with Gasteiger partial charge in [-0.2, -0.15) is 0 Å². The summed E-state index contributed by atoms with van der Waals surface area (Å²) in [5.74, 6) is 0.890. The van der Waals surface area contributed by atoms with Gasteiger partial charge in [0, 0.05) is 35.4 Å². The molecular weight excluding hydrogens is 484 g/mol. The van der Waals surface area contributed by atoms with E-state index in [2.05, 4.69) is 28.7 Å². The largest absolute Gasteiger partial charge is 0.426 e. The van der Waals surface area contributed by atoms with Gasteiger partial charge in [-0.05, 0) is 42.0 Å². The number of para-hydroxylation sites is 2. The fourth-order valence-corrected chi connectivity index (χ4v) is 5.39. The standard InChI is InChI=1S/C33H24N4O2/c1-20-26-18-24(19-27-25-13-7-6-10-22(25)16-17-30(27)39-21(2)38)32-35-28-14-8-9-15-29(28)37(32)33(26)36-31(34-20)23-11-4-3-5-12-23/h3-18H,19H2,1-2H3. The molecule has 3 heterocycles. The number of benzene rings is 4. The number of imidazole rings is 1. The van der Waals surface area contributed by atoms with Crippen molar-refractivity contribution >= 4 is 44.5 Å². The highest BCUT2D eigenvalue weighted by Crippen LogP contribution is 2.34. The van der Waals surface area contributed by atoms with Crippen molar-refractivity contribution in [2.75, 3.05) is 0 Å². The highest BCUT2D eigenvalue weighted by Gasteiger charge is 2.19. The smallest absolute Gasteiger partial charge is 0.308 e. The van der Waals surface area contributed by atoms with Crippen LogP contribution in [-0.2, 0) is 11.2 Å². The predicted molar refractivity (Wildman–Crippen MR) is 154 cm³/mol. The van der Waals surface area contributed by atoms with Gasteiger partial charge in [-0.25, -0.2) is 15.0 Å². The van der Waals surface area contributed by atoms with Gasteiger partial charge in [-0.1, -0.05) is 72.8 Å². The Morgan fingerprint density at radius 2 is 1.56 bits per heavy atom. The SMILES string of the molecule is CC(=O)Oc1ccc2ccccc2c1Cc1cc2c(C)nc(-c3ccccc3)nc2n2c1nc1ccccc12. The molecule has 0 radical (unpaired) electrons. The van der Waals surface area contributed by atoms with Gasteiger partial charge in [-0.3, -0.25) is 9.20 Å². The molecule has 4 aromatic carbocycles. The lowest BCUT2D eigenvalue weighted by atomic mass is 9.97. The summed E-state index contributed by atoms with van der Waals surface area (Å²) in [5, 5.41) is 3.08. The first-order valence-corrected chi connectivity index (χ1v) is 12.9. The lowest BCUT2D eigenvalue weighted by molar-refractivity contribution is -0.131. The fourth-order valence-electron chi connectivity index (χ4n) is 5.39. The molecule has 0 N–H and O–H groups in total. The number of esters is 1. The van der Waals surface area contributed by atoms with Gasteiger partial charge >= 0.3 is 5.97 Å². The molecule has 0 unspecified atom stereocenters. The molecule has 0 aliphatic carbocycles. The van der Waals surface area contributed by atoms with Gasteiger partial charge < -0.3 is 4.74 Å². The van der Waals surface area contributed by atoms with Crippen LogP contribution in [0.5, 0.6) is 5.75 Å². The molecular formula is C33H24N4O2. The third-order valence-electron chi connectivity index (χ3n) is 7.14. The maximum absolute atomic E-state index is 12.0. The molecule has 0 spiro atoms. The number of pyridine rings is 1. The normalized spacial score (nSPS) is 11.5. The predicted octanol–water partition coefficient (Wildman–Crippen LogP) is 7.08. The summed E-state index contributed by atoms with van der Waals surface area (Å²) in [5.41, 5.74) is 7.30. The van der Waals surface area contributed by atoms with E-state index in [9.17, 15) is 4.79 Å². The minimum atomic E-state index is -0.348. The molecule has 0 amide bonds. The Bertz CT molecular complexity index is 2060. The maximum Gasteiger partial charge on any atom is 0.308 e. The molecule has 0 saturated heterocycles. The summed E-state index contributed by atoms with van der Waals surface area (Å²) in [7, 11) is 0. The van der Waals surface area contributed by atoms with Crippen LogP contribution in [0.4, 0.5) is 0 Å². The zero-order chi connectivity index (χ0) is 26.5. The van der Waals surface area contributed by atoms with Crippen LogP contribution in [0.25, 0.3) is 49.9 Å². The Morgan fingerprint density at radius 3 is 2.41 bits per heavy atom. The minimum Gasteiger partial charge on any atom is -0.426 e. The van der Waals surface area contributed by atoms with Gasteiger partial charge in [0.25, 0.3) is 0 Å². The van der Waals surface area contributed by atoms with Crippen molar-refractivity contribution in [3.8, 4) is 17.1 Å². The van der Waals surface area contributed by atoms with Crippen molar-refractivity contribution in [3.05, 3.63) is 114 Å². The molecule has 7 rings (SSSR count). The average Bonchev–Trinajstić information content (AvgIpc) is 3.35. The van der Waals surface area contributed by atoms with Gasteiger partial charge in [0.1, 0.15) is 11.4 Å². The molecule has 7 aromatic rings. The summed E-state index contributed by atoms with van der Waals surface area (Å²) in [6, 6.07) is 32.3. The molecule has 0 aliphatic rings. The second-order valence-electron chi connectivity index (χ2n) is 9.70. The molecule has 0 atom stereocenters. The number of fused-ring (bicyclic) bond motifs is 6. The van der Waals surface area contributed by atoms with Crippen LogP contribution in [0.2, 0.25) is 0 Å². The van der Waals surface area contributed by atoms with Gasteiger partial charge in [0.2, 0.25) is 0 Å². The quantitative estimate of drug-likeness (QED) is 0.188. The minimum absolute atomic E-state index is 0.348. The molecule has 0 fully saturated rings. The maximum atomic E-state index is 12.0. The number of hydrogen-bond acceptors (Lipinski definition) is 5.